The number of aromatic nitrogens is 3. The Bertz CT molecular complexity index is 1180. The van der Waals surface area contributed by atoms with Crippen LogP contribution in [0.25, 0.3) is 16.9 Å². The van der Waals surface area contributed by atoms with Crippen LogP contribution in [0.1, 0.15) is 11.1 Å². The summed E-state index contributed by atoms with van der Waals surface area (Å²) in [6.45, 7) is 1.65. The Hall–Kier alpha value is -3.78. The Morgan fingerprint density at radius 3 is 2.65 bits per heavy atom. The molecule has 2 heterocycles. The summed E-state index contributed by atoms with van der Waals surface area (Å²) in [5.74, 6) is -0.930. The third-order valence-corrected chi connectivity index (χ3v) is 5.23. The maximum atomic E-state index is 12.1. The normalized spacial score (nSPS) is 10.6. The molecule has 0 saturated heterocycles. The molecule has 156 valence electrons. The standard InChI is InChI=1S/C23H20N4O3S/c1-16-7-9-18(10-8-16)20-15-31-23(25-20)26-21(28)14-30-22(29)11-17-12-24-27(13-17)19-5-3-2-4-6-19/h2-10,12-13,15H,11,14H2,1H3,(H,25,26,28). The maximum absolute atomic E-state index is 12.1. The number of carbonyl (C=O) groups excluding carboxylic acids is 2. The van der Waals surface area contributed by atoms with Crippen LogP contribution in [0, 0.1) is 6.92 Å². The smallest absolute Gasteiger partial charge is 0.310 e. The van der Waals surface area contributed by atoms with Gasteiger partial charge in [-0.1, -0.05) is 48.0 Å². The molecule has 0 aliphatic heterocycles. The highest BCUT2D eigenvalue weighted by Gasteiger charge is 2.12. The van der Waals surface area contributed by atoms with Crippen molar-refractivity contribution in [2.24, 2.45) is 0 Å². The highest BCUT2D eigenvalue weighted by atomic mass is 32.1. The first-order valence-electron chi connectivity index (χ1n) is 9.64. The fourth-order valence-electron chi connectivity index (χ4n) is 2.88. The minimum atomic E-state index is -0.498. The number of anilines is 1. The second-order valence-electron chi connectivity index (χ2n) is 6.92. The van der Waals surface area contributed by atoms with Gasteiger partial charge in [-0.3, -0.25) is 14.9 Å². The average molecular weight is 433 g/mol. The van der Waals surface area contributed by atoms with Crippen LogP contribution in [-0.4, -0.2) is 33.2 Å². The maximum Gasteiger partial charge on any atom is 0.310 e. The summed E-state index contributed by atoms with van der Waals surface area (Å²) in [5.41, 5.74) is 4.53. The van der Waals surface area contributed by atoms with Crippen molar-refractivity contribution in [1.29, 1.82) is 0 Å². The number of esters is 1. The van der Waals surface area contributed by atoms with Crippen molar-refractivity contribution in [2.75, 3.05) is 11.9 Å². The minimum Gasteiger partial charge on any atom is -0.455 e. The number of nitrogens with zero attached hydrogens (tertiary/aromatic N) is 3. The van der Waals surface area contributed by atoms with Crippen molar-refractivity contribution in [2.45, 2.75) is 13.3 Å². The van der Waals surface area contributed by atoms with E-state index in [0.717, 1.165) is 16.9 Å². The molecule has 0 fully saturated rings. The molecule has 8 heteroatoms. The molecule has 0 radical (unpaired) electrons. The average Bonchev–Trinajstić information content (AvgIpc) is 3.43. The van der Waals surface area contributed by atoms with Gasteiger partial charge in [0, 0.05) is 22.7 Å². The fourth-order valence-corrected chi connectivity index (χ4v) is 3.62. The van der Waals surface area contributed by atoms with Gasteiger partial charge in [-0.15, -0.1) is 11.3 Å². The second kappa shape index (κ2) is 9.36. The number of hydrogen-bond acceptors (Lipinski definition) is 6. The number of thiazole rings is 1. The summed E-state index contributed by atoms with van der Waals surface area (Å²) in [6.07, 6.45) is 3.41. The molecule has 2 aromatic heterocycles. The summed E-state index contributed by atoms with van der Waals surface area (Å²) in [6, 6.07) is 17.6. The first kappa shape index (κ1) is 20.5. The number of amides is 1. The van der Waals surface area contributed by atoms with E-state index < -0.39 is 11.9 Å². The predicted molar refractivity (Wildman–Crippen MR) is 119 cm³/mol. The van der Waals surface area contributed by atoms with E-state index in [0.29, 0.717) is 10.7 Å². The van der Waals surface area contributed by atoms with Crippen LogP contribution >= 0.6 is 11.3 Å². The zero-order valence-electron chi connectivity index (χ0n) is 16.8. The molecular weight excluding hydrogens is 412 g/mol. The van der Waals surface area contributed by atoms with E-state index in [1.54, 1.807) is 17.1 Å². The van der Waals surface area contributed by atoms with Gasteiger partial charge in [0.2, 0.25) is 0 Å². The van der Waals surface area contributed by atoms with Crippen molar-refractivity contribution in [1.82, 2.24) is 14.8 Å². The van der Waals surface area contributed by atoms with E-state index in [-0.39, 0.29) is 13.0 Å². The third-order valence-electron chi connectivity index (χ3n) is 4.47. The van der Waals surface area contributed by atoms with Gasteiger partial charge >= 0.3 is 5.97 Å². The lowest BCUT2D eigenvalue weighted by atomic mass is 10.1. The van der Waals surface area contributed by atoms with Crippen LogP contribution in [0.4, 0.5) is 5.13 Å². The van der Waals surface area contributed by atoms with Crippen molar-refractivity contribution >= 4 is 28.3 Å². The number of hydrogen-bond donors (Lipinski definition) is 1. The summed E-state index contributed by atoms with van der Waals surface area (Å²) in [4.78, 5) is 28.6. The van der Waals surface area contributed by atoms with Crippen molar-refractivity contribution in [3.05, 3.63) is 83.5 Å². The number of benzene rings is 2. The number of para-hydroxylation sites is 1. The number of aryl methyl sites for hydroxylation is 1. The predicted octanol–water partition coefficient (Wildman–Crippen LogP) is 4.03. The summed E-state index contributed by atoms with van der Waals surface area (Å²) in [7, 11) is 0. The molecule has 31 heavy (non-hydrogen) atoms. The first-order valence-corrected chi connectivity index (χ1v) is 10.5. The largest absolute Gasteiger partial charge is 0.455 e. The van der Waals surface area contributed by atoms with E-state index in [1.165, 1.54) is 16.9 Å². The van der Waals surface area contributed by atoms with Gasteiger partial charge in [0.15, 0.2) is 11.7 Å². The fraction of sp³-hybridized carbons (Fsp3) is 0.130. The molecule has 0 spiro atoms. The van der Waals surface area contributed by atoms with Crippen molar-refractivity contribution in [3.63, 3.8) is 0 Å². The van der Waals surface area contributed by atoms with Crippen LogP contribution < -0.4 is 5.32 Å². The Balaban J connectivity index is 1.26. The molecule has 2 aromatic carbocycles. The number of nitrogens with one attached hydrogen (secondary N) is 1. The van der Waals surface area contributed by atoms with Crippen LogP contribution in [-0.2, 0) is 20.7 Å². The number of carbonyl (C=O) groups is 2. The SMILES string of the molecule is Cc1ccc(-c2csc(NC(=O)COC(=O)Cc3cnn(-c4ccccc4)c3)n2)cc1. The van der Waals surface area contributed by atoms with Crippen molar-refractivity contribution in [3.8, 4) is 16.9 Å². The van der Waals surface area contributed by atoms with Crippen LogP contribution in [0.3, 0.4) is 0 Å². The Morgan fingerprint density at radius 2 is 1.87 bits per heavy atom. The Labute approximate surface area is 183 Å². The molecule has 4 aromatic rings. The summed E-state index contributed by atoms with van der Waals surface area (Å²) >= 11 is 1.32. The topological polar surface area (TPSA) is 86.1 Å². The lowest BCUT2D eigenvalue weighted by Gasteiger charge is -2.04. The third kappa shape index (κ3) is 5.43. The zero-order chi connectivity index (χ0) is 21.6. The quantitative estimate of drug-likeness (QED) is 0.446. The lowest BCUT2D eigenvalue weighted by molar-refractivity contribution is -0.146. The summed E-state index contributed by atoms with van der Waals surface area (Å²) < 4.78 is 6.77. The van der Waals surface area contributed by atoms with E-state index in [2.05, 4.69) is 15.4 Å². The lowest BCUT2D eigenvalue weighted by Crippen LogP contribution is -2.21. The Kier molecular flexibility index (Phi) is 6.18. The molecule has 1 amide bonds. The molecule has 0 bridgehead atoms. The van der Waals surface area contributed by atoms with Gasteiger partial charge < -0.3 is 4.74 Å². The van der Waals surface area contributed by atoms with Gasteiger partial charge in [0.05, 0.1) is 24.0 Å². The molecule has 0 unspecified atom stereocenters. The van der Waals surface area contributed by atoms with E-state index in [4.69, 9.17) is 4.74 Å². The minimum absolute atomic E-state index is 0.0366. The molecule has 4 rings (SSSR count). The second-order valence-corrected chi connectivity index (χ2v) is 7.78. The molecular formula is C23H20N4O3S. The number of rotatable bonds is 7. The van der Waals surface area contributed by atoms with Gasteiger partial charge in [0.1, 0.15) is 0 Å². The first-order chi connectivity index (χ1) is 15.1. The van der Waals surface area contributed by atoms with Gasteiger partial charge in [0.25, 0.3) is 5.91 Å². The Morgan fingerprint density at radius 1 is 1.10 bits per heavy atom. The molecule has 0 aliphatic rings. The molecule has 1 N–H and O–H groups in total. The van der Waals surface area contributed by atoms with E-state index in [9.17, 15) is 9.59 Å². The van der Waals surface area contributed by atoms with E-state index >= 15 is 0 Å². The highest BCUT2D eigenvalue weighted by Crippen LogP contribution is 2.25. The monoisotopic (exact) mass is 432 g/mol. The van der Waals surface area contributed by atoms with Gasteiger partial charge in [-0.05, 0) is 19.1 Å². The summed E-state index contributed by atoms with van der Waals surface area (Å²) in [5, 5.41) is 9.24. The number of ether oxygens (including phenoxy) is 1. The van der Waals surface area contributed by atoms with Gasteiger partial charge in [-0.25, -0.2) is 9.67 Å². The highest BCUT2D eigenvalue weighted by molar-refractivity contribution is 7.14. The zero-order valence-corrected chi connectivity index (χ0v) is 17.6. The molecule has 0 atom stereocenters. The van der Waals surface area contributed by atoms with E-state index in [1.807, 2.05) is 66.9 Å². The van der Waals surface area contributed by atoms with Crippen molar-refractivity contribution < 1.29 is 14.3 Å². The van der Waals surface area contributed by atoms with Gasteiger partial charge in [-0.2, -0.15) is 5.10 Å². The molecule has 0 saturated carbocycles. The van der Waals surface area contributed by atoms with Crippen LogP contribution in [0.2, 0.25) is 0 Å². The molecule has 7 nitrogen and oxygen atoms in total. The van der Waals surface area contributed by atoms with Crippen LogP contribution in [0.5, 0.6) is 0 Å². The van der Waals surface area contributed by atoms with Crippen LogP contribution in [0.15, 0.2) is 72.4 Å². The molecule has 0 aliphatic carbocycles.